The van der Waals surface area contributed by atoms with Crippen molar-refractivity contribution in [3.63, 3.8) is 0 Å². The van der Waals surface area contributed by atoms with Crippen molar-refractivity contribution in [1.82, 2.24) is 15.1 Å². The third kappa shape index (κ3) is 6.49. The molecule has 1 aliphatic heterocycles. The SMILES string of the molecule is CC(C)Oc1ccc(C(=O)NCC(=O)N2CCN(C(c3ccccc3)c3ccccc3)CC2)cc1. The summed E-state index contributed by atoms with van der Waals surface area (Å²) in [6, 6.07) is 28.1. The summed E-state index contributed by atoms with van der Waals surface area (Å²) in [7, 11) is 0. The molecule has 1 heterocycles. The summed E-state index contributed by atoms with van der Waals surface area (Å²) in [5.74, 6) is 0.393. The first-order chi connectivity index (χ1) is 17.0. The van der Waals surface area contributed by atoms with Gasteiger partial charge in [-0.15, -0.1) is 0 Å². The molecule has 0 radical (unpaired) electrons. The van der Waals surface area contributed by atoms with Crippen LogP contribution in [-0.4, -0.2) is 60.4 Å². The predicted octanol–water partition coefficient (Wildman–Crippen LogP) is 4.14. The molecule has 1 fully saturated rings. The van der Waals surface area contributed by atoms with Crippen LogP contribution >= 0.6 is 0 Å². The molecule has 0 bridgehead atoms. The molecule has 182 valence electrons. The Morgan fingerprint density at radius 2 is 1.34 bits per heavy atom. The molecule has 0 aliphatic carbocycles. The van der Waals surface area contributed by atoms with Crippen molar-refractivity contribution in [3.8, 4) is 5.75 Å². The molecule has 3 aromatic rings. The molecule has 1 aliphatic rings. The molecule has 0 aromatic heterocycles. The van der Waals surface area contributed by atoms with E-state index >= 15 is 0 Å². The molecule has 4 rings (SSSR count). The molecule has 1 saturated heterocycles. The largest absolute Gasteiger partial charge is 0.491 e. The molecule has 0 atom stereocenters. The average molecular weight is 472 g/mol. The maximum absolute atomic E-state index is 12.8. The van der Waals surface area contributed by atoms with E-state index in [1.54, 1.807) is 24.3 Å². The van der Waals surface area contributed by atoms with Crippen molar-refractivity contribution in [2.24, 2.45) is 0 Å². The summed E-state index contributed by atoms with van der Waals surface area (Å²) in [6.45, 7) is 6.70. The van der Waals surface area contributed by atoms with Crippen LogP contribution in [-0.2, 0) is 4.79 Å². The van der Waals surface area contributed by atoms with Crippen LogP contribution < -0.4 is 10.1 Å². The van der Waals surface area contributed by atoms with Crippen LogP contribution in [0.15, 0.2) is 84.9 Å². The first-order valence-corrected chi connectivity index (χ1v) is 12.2. The standard InChI is InChI=1S/C29H33N3O3/c1-22(2)35-26-15-13-25(14-16-26)29(34)30-21-27(33)31-17-19-32(20-18-31)28(23-9-5-3-6-10-23)24-11-7-4-8-12-24/h3-16,22,28H,17-21H2,1-2H3,(H,30,34). The van der Waals surface area contributed by atoms with Gasteiger partial charge in [0.1, 0.15) is 5.75 Å². The van der Waals surface area contributed by atoms with E-state index in [4.69, 9.17) is 4.74 Å². The van der Waals surface area contributed by atoms with Gasteiger partial charge in [0, 0.05) is 31.7 Å². The van der Waals surface area contributed by atoms with Crippen molar-refractivity contribution in [2.45, 2.75) is 26.0 Å². The van der Waals surface area contributed by atoms with Crippen LogP contribution in [0.5, 0.6) is 5.75 Å². The number of hydrogen-bond donors (Lipinski definition) is 1. The van der Waals surface area contributed by atoms with Gasteiger partial charge in [-0.05, 0) is 49.2 Å². The van der Waals surface area contributed by atoms with Crippen LogP contribution in [0.3, 0.4) is 0 Å². The molecule has 6 heteroatoms. The van der Waals surface area contributed by atoms with Crippen molar-refractivity contribution in [2.75, 3.05) is 32.7 Å². The van der Waals surface area contributed by atoms with Crippen LogP contribution in [0.1, 0.15) is 41.4 Å². The van der Waals surface area contributed by atoms with Gasteiger partial charge in [0.15, 0.2) is 0 Å². The van der Waals surface area contributed by atoms with Crippen molar-refractivity contribution < 1.29 is 14.3 Å². The van der Waals surface area contributed by atoms with Gasteiger partial charge in [-0.2, -0.15) is 0 Å². The molecule has 2 amide bonds. The number of amides is 2. The smallest absolute Gasteiger partial charge is 0.251 e. The second-order valence-corrected chi connectivity index (χ2v) is 9.01. The lowest BCUT2D eigenvalue weighted by molar-refractivity contribution is -0.132. The highest BCUT2D eigenvalue weighted by Gasteiger charge is 2.28. The molecule has 0 saturated carbocycles. The first-order valence-electron chi connectivity index (χ1n) is 12.2. The minimum absolute atomic E-state index is 0.0100. The van der Waals surface area contributed by atoms with Gasteiger partial charge in [-0.1, -0.05) is 60.7 Å². The van der Waals surface area contributed by atoms with Gasteiger partial charge >= 0.3 is 0 Å². The zero-order valence-electron chi connectivity index (χ0n) is 20.4. The summed E-state index contributed by atoms with van der Waals surface area (Å²) in [6.07, 6.45) is 0.0726. The predicted molar refractivity (Wildman–Crippen MR) is 137 cm³/mol. The summed E-state index contributed by atoms with van der Waals surface area (Å²) >= 11 is 0. The number of carbonyl (C=O) groups excluding carboxylic acids is 2. The molecule has 0 unspecified atom stereocenters. The molecular weight excluding hydrogens is 438 g/mol. The normalized spacial score (nSPS) is 14.2. The van der Waals surface area contributed by atoms with Gasteiger partial charge in [-0.25, -0.2) is 0 Å². The fourth-order valence-corrected chi connectivity index (χ4v) is 4.44. The lowest BCUT2D eigenvalue weighted by atomic mass is 9.96. The summed E-state index contributed by atoms with van der Waals surface area (Å²) < 4.78 is 5.61. The van der Waals surface area contributed by atoms with Crippen molar-refractivity contribution in [3.05, 3.63) is 102 Å². The number of piperazine rings is 1. The fraction of sp³-hybridized carbons (Fsp3) is 0.310. The van der Waals surface area contributed by atoms with Crippen molar-refractivity contribution in [1.29, 1.82) is 0 Å². The van der Waals surface area contributed by atoms with Gasteiger partial charge in [0.05, 0.1) is 18.7 Å². The number of rotatable bonds is 8. The second-order valence-electron chi connectivity index (χ2n) is 9.01. The lowest BCUT2D eigenvalue weighted by Gasteiger charge is -2.39. The van der Waals surface area contributed by atoms with Crippen LogP contribution in [0, 0.1) is 0 Å². The van der Waals surface area contributed by atoms with E-state index in [2.05, 4.69) is 58.7 Å². The lowest BCUT2D eigenvalue weighted by Crippen LogP contribution is -2.52. The number of nitrogens with one attached hydrogen (secondary N) is 1. The summed E-state index contributed by atoms with van der Waals surface area (Å²) in [4.78, 5) is 29.5. The Kier molecular flexibility index (Phi) is 8.16. The molecular formula is C29H33N3O3. The minimum atomic E-state index is -0.263. The Morgan fingerprint density at radius 3 is 1.86 bits per heavy atom. The highest BCUT2D eigenvalue weighted by atomic mass is 16.5. The number of benzene rings is 3. The topological polar surface area (TPSA) is 61.9 Å². The Morgan fingerprint density at radius 1 is 0.800 bits per heavy atom. The number of hydrogen-bond acceptors (Lipinski definition) is 4. The Hall–Kier alpha value is -3.64. The Balaban J connectivity index is 1.31. The van der Waals surface area contributed by atoms with Gasteiger partial charge < -0.3 is 15.0 Å². The summed E-state index contributed by atoms with van der Waals surface area (Å²) in [5.41, 5.74) is 3.00. The van der Waals surface area contributed by atoms with E-state index in [0.29, 0.717) is 18.7 Å². The van der Waals surface area contributed by atoms with E-state index in [0.717, 1.165) is 18.8 Å². The van der Waals surface area contributed by atoms with Crippen LogP contribution in [0.25, 0.3) is 0 Å². The number of nitrogens with zero attached hydrogens (tertiary/aromatic N) is 2. The highest BCUT2D eigenvalue weighted by molar-refractivity contribution is 5.96. The molecule has 6 nitrogen and oxygen atoms in total. The minimum Gasteiger partial charge on any atom is -0.491 e. The maximum atomic E-state index is 12.8. The third-order valence-electron chi connectivity index (χ3n) is 6.15. The third-order valence-corrected chi connectivity index (χ3v) is 6.15. The number of ether oxygens (including phenoxy) is 1. The number of carbonyl (C=O) groups is 2. The van der Waals surface area contributed by atoms with Crippen LogP contribution in [0.2, 0.25) is 0 Å². The quantitative estimate of drug-likeness (QED) is 0.537. The van der Waals surface area contributed by atoms with E-state index in [1.165, 1.54) is 11.1 Å². The van der Waals surface area contributed by atoms with E-state index in [-0.39, 0.29) is 30.5 Å². The molecule has 3 aromatic carbocycles. The Bertz CT molecular complexity index is 1050. The van der Waals surface area contributed by atoms with Crippen molar-refractivity contribution >= 4 is 11.8 Å². The zero-order chi connectivity index (χ0) is 24.6. The van der Waals surface area contributed by atoms with E-state index in [1.807, 2.05) is 30.9 Å². The van der Waals surface area contributed by atoms with Gasteiger partial charge in [-0.3, -0.25) is 14.5 Å². The Labute approximate surface area is 207 Å². The highest BCUT2D eigenvalue weighted by Crippen LogP contribution is 2.29. The van der Waals surface area contributed by atoms with Crippen LogP contribution in [0.4, 0.5) is 0 Å². The van der Waals surface area contributed by atoms with E-state index in [9.17, 15) is 9.59 Å². The summed E-state index contributed by atoms with van der Waals surface area (Å²) in [5, 5.41) is 2.76. The maximum Gasteiger partial charge on any atom is 0.251 e. The monoisotopic (exact) mass is 471 g/mol. The average Bonchev–Trinajstić information content (AvgIpc) is 2.89. The second kappa shape index (κ2) is 11.7. The van der Waals surface area contributed by atoms with Gasteiger partial charge in [0.2, 0.25) is 5.91 Å². The zero-order valence-corrected chi connectivity index (χ0v) is 20.4. The fourth-order valence-electron chi connectivity index (χ4n) is 4.44. The van der Waals surface area contributed by atoms with E-state index < -0.39 is 0 Å². The first kappa shape index (κ1) is 24.5. The molecule has 35 heavy (non-hydrogen) atoms. The molecule has 1 N–H and O–H groups in total. The molecule has 0 spiro atoms. The van der Waals surface area contributed by atoms with Gasteiger partial charge in [0.25, 0.3) is 5.91 Å².